The summed E-state index contributed by atoms with van der Waals surface area (Å²) in [5, 5.41) is 76.5. The van der Waals surface area contributed by atoms with Crippen molar-refractivity contribution in [3.8, 4) is 0 Å². The fraction of sp³-hybridized carbons (Fsp3) is 0.985. The van der Waals surface area contributed by atoms with Crippen LogP contribution in [-0.4, -0.2) is 110 Å². The summed E-state index contributed by atoms with van der Waals surface area (Å²) in [4.78, 5) is 13.2. The predicted molar refractivity (Wildman–Crippen MR) is 330 cm³/mol. The number of rotatable bonds is 62. The maximum absolute atomic E-state index is 13.2. The number of hydrogen-bond acceptors (Lipinski definition) is 10. The van der Waals surface area contributed by atoms with Gasteiger partial charge in [0.1, 0.15) is 36.6 Å². The number of hydrogen-bond donors (Lipinski definition) is 8. The van der Waals surface area contributed by atoms with Crippen LogP contribution in [0.3, 0.4) is 0 Å². The van der Waals surface area contributed by atoms with E-state index < -0.39 is 74.2 Å². The molecule has 1 aliphatic rings. The van der Waals surface area contributed by atoms with E-state index in [1.807, 2.05) is 0 Å². The Morgan fingerprint density at radius 3 is 0.937 bits per heavy atom. The first-order valence-electron chi connectivity index (χ1n) is 34.9. The zero-order chi connectivity index (χ0) is 57.5. The second-order valence-corrected chi connectivity index (χ2v) is 25.0. The molecule has 0 aromatic carbocycles. The zero-order valence-corrected chi connectivity index (χ0v) is 52.1. The standard InChI is InChI=1S/C68H135NO10/c1-3-5-7-9-11-13-15-17-19-21-23-25-27-28-29-30-31-32-34-36-38-40-42-44-46-48-50-52-54-56-61(72)67(77)69-59(58-78-68-66(76)65(75)64(74)62(57-70)79-68)63(73)60(71)55-53-51-49-47-45-43-41-39-37-35-33-26-24-22-20-18-16-14-12-10-8-6-4-2/h59-66,68,70-76H,3-58H2,1-2H3,(H,69,77). The molecule has 9 unspecified atom stereocenters. The fourth-order valence-corrected chi connectivity index (χ4v) is 11.8. The second-order valence-electron chi connectivity index (χ2n) is 25.0. The van der Waals surface area contributed by atoms with Gasteiger partial charge in [0.15, 0.2) is 6.29 Å². The lowest BCUT2D eigenvalue weighted by Crippen LogP contribution is -2.60. The third-order valence-electron chi connectivity index (χ3n) is 17.4. The molecule has 1 heterocycles. The highest BCUT2D eigenvalue weighted by molar-refractivity contribution is 5.80. The zero-order valence-electron chi connectivity index (χ0n) is 52.1. The molecule has 1 rings (SSSR count). The molecule has 0 bridgehead atoms. The monoisotopic (exact) mass is 1130 g/mol. The van der Waals surface area contributed by atoms with Crippen LogP contribution in [-0.2, 0) is 14.3 Å². The minimum atomic E-state index is -1.66. The highest BCUT2D eigenvalue weighted by atomic mass is 16.7. The maximum Gasteiger partial charge on any atom is 0.249 e. The van der Waals surface area contributed by atoms with Crippen molar-refractivity contribution in [2.45, 2.75) is 416 Å². The largest absolute Gasteiger partial charge is 0.394 e. The van der Waals surface area contributed by atoms with Gasteiger partial charge in [0.05, 0.1) is 25.4 Å². The van der Waals surface area contributed by atoms with Crippen molar-refractivity contribution in [2.24, 2.45) is 0 Å². The van der Waals surface area contributed by atoms with E-state index in [4.69, 9.17) is 9.47 Å². The van der Waals surface area contributed by atoms with Crippen LogP contribution >= 0.6 is 0 Å². The number of amides is 1. The number of ether oxygens (including phenoxy) is 2. The topological polar surface area (TPSA) is 189 Å². The second kappa shape index (κ2) is 57.5. The van der Waals surface area contributed by atoms with E-state index in [2.05, 4.69) is 19.2 Å². The molecule has 0 spiro atoms. The Morgan fingerprint density at radius 2 is 0.658 bits per heavy atom. The molecule has 0 saturated carbocycles. The van der Waals surface area contributed by atoms with Crippen molar-refractivity contribution in [1.29, 1.82) is 0 Å². The molecule has 11 heteroatoms. The van der Waals surface area contributed by atoms with Gasteiger partial charge in [-0.15, -0.1) is 0 Å². The van der Waals surface area contributed by atoms with Crippen molar-refractivity contribution in [1.82, 2.24) is 5.32 Å². The van der Waals surface area contributed by atoms with Gasteiger partial charge >= 0.3 is 0 Å². The Labute approximate surface area is 488 Å². The third-order valence-corrected chi connectivity index (χ3v) is 17.4. The fourth-order valence-electron chi connectivity index (χ4n) is 11.8. The van der Waals surface area contributed by atoms with E-state index in [-0.39, 0.29) is 6.42 Å². The van der Waals surface area contributed by atoms with E-state index >= 15 is 0 Å². The summed E-state index contributed by atoms with van der Waals surface area (Å²) in [6.07, 6.45) is 57.5. The van der Waals surface area contributed by atoms with Crippen LogP contribution < -0.4 is 5.32 Å². The van der Waals surface area contributed by atoms with Gasteiger partial charge in [0, 0.05) is 0 Å². The summed E-state index contributed by atoms with van der Waals surface area (Å²) in [6.45, 7) is 3.53. The highest BCUT2D eigenvalue weighted by Crippen LogP contribution is 2.24. The smallest absolute Gasteiger partial charge is 0.249 e. The van der Waals surface area contributed by atoms with Gasteiger partial charge in [-0.25, -0.2) is 0 Å². The van der Waals surface area contributed by atoms with Crippen molar-refractivity contribution >= 4 is 5.91 Å². The van der Waals surface area contributed by atoms with Crippen LogP contribution in [0.4, 0.5) is 0 Å². The van der Waals surface area contributed by atoms with Crippen molar-refractivity contribution in [2.75, 3.05) is 13.2 Å². The van der Waals surface area contributed by atoms with Crippen LogP contribution in [0.1, 0.15) is 361 Å². The van der Waals surface area contributed by atoms with Gasteiger partial charge in [0.25, 0.3) is 0 Å². The van der Waals surface area contributed by atoms with Crippen LogP contribution in [0.25, 0.3) is 0 Å². The molecule has 1 fully saturated rings. The highest BCUT2D eigenvalue weighted by Gasteiger charge is 2.44. The average Bonchev–Trinajstić information content (AvgIpc) is 3.46. The van der Waals surface area contributed by atoms with E-state index in [1.165, 1.54) is 283 Å². The Kier molecular flexibility index (Phi) is 55.4. The molecular formula is C68H135NO10. The molecule has 79 heavy (non-hydrogen) atoms. The molecule has 8 N–H and O–H groups in total. The molecule has 1 amide bonds. The summed E-state index contributed by atoms with van der Waals surface area (Å²) in [5.41, 5.74) is 0. The number of carbonyl (C=O) groups excluding carboxylic acids is 1. The summed E-state index contributed by atoms with van der Waals surface area (Å²) in [7, 11) is 0. The first-order valence-corrected chi connectivity index (χ1v) is 34.9. The number of aliphatic hydroxyl groups is 7. The van der Waals surface area contributed by atoms with Crippen LogP contribution in [0.15, 0.2) is 0 Å². The van der Waals surface area contributed by atoms with Crippen LogP contribution in [0.2, 0.25) is 0 Å². The Hall–Kier alpha value is -0.890. The first kappa shape index (κ1) is 76.1. The number of aliphatic hydroxyl groups excluding tert-OH is 7. The number of carbonyl (C=O) groups is 1. The van der Waals surface area contributed by atoms with E-state index in [1.54, 1.807) is 0 Å². The van der Waals surface area contributed by atoms with Gasteiger partial charge in [-0.05, 0) is 12.8 Å². The third kappa shape index (κ3) is 45.2. The summed E-state index contributed by atoms with van der Waals surface area (Å²) < 4.78 is 11.2. The molecule has 0 radical (unpaired) electrons. The van der Waals surface area contributed by atoms with E-state index in [0.717, 1.165) is 38.5 Å². The Morgan fingerprint density at radius 1 is 0.392 bits per heavy atom. The minimum Gasteiger partial charge on any atom is -0.394 e. The van der Waals surface area contributed by atoms with Crippen molar-refractivity contribution in [3.05, 3.63) is 0 Å². The molecule has 1 aliphatic heterocycles. The molecular weight excluding hydrogens is 991 g/mol. The summed E-state index contributed by atoms with van der Waals surface area (Å²) >= 11 is 0. The van der Waals surface area contributed by atoms with E-state index in [0.29, 0.717) is 19.3 Å². The lowest BCUT2D eigenvalue weighted by Gasteiger charge is -2.40. The Bertz CT molecular complexity index is 1250. The number of nitrogens with one attached hydrogen (secondary N) is 1. The summed E-state index contributed by atoms with van der Waals surface area (Å²) in [5.74, 6) is -0.687. The summed E-state index contributed by atoms with van der Waals surface area (Å²) in [6, 6.07) is -1.16. The Balaban J connectivity index is 2.18. The van der Waals surface area contributed by atoms with Gasteiger partial charge in [0.2, 0.25) is 5.91 Å². The predicted octanol–water partition coefficient (Wildman–Crippen LogP) is 16.5. The van der Waals surface area contributed by atoms with Gasteiger partial charge in [-0.1, -0.05) is 348 Å². The van der Waals surface area contributed by atoms with Crippen LogP contribution in [0, 0.1) is 0 Å². The normalized spacial score (nSPS) is 19.2. The minimum absolute atomic E-state index is 0.268. The lowest BCUT2D eigenvalue weighted by atomic mass is 9.98. The molecule has 1 saturated heterocycles. The maximum atomic E-state index is 13.2. The molecule has 9 atom stereocenters. The van der Waals surface area contributed by atoms with Gasteiger partial charge in [-0.2, -0.15) is 0 Å². The molecule has 0 aliphatic carbocycles. The number of unbranched alkanes of at least 4 members (excludes halogenated alkanes) is 50. The van der Waals surface area contributed by atoms with Gasteiger partial charge < -0.3 is 50.5 Å². The van der Waals surface area contributed by atoms with Gasteiger partial charge in [-0.3, -0.25) is 4.79 Å². The molecule has 0 aromatic rings. The molecule has 0 aromatic heterocycles. The van der Waals surface area contributed by atoms with Crippen LogP contribution in [0.5, 0.6) is 0 Å². The van der Waals surface area contributed by atoms with E-state index in [9.17, 15) is 40.5 Å². The van der Waals surface area contributed by atoms with Crippen molar-refractivity contribution in [3.63, 3.8) is 0 Å². The SMILES string of the molecule is CCCCCCCCCCCCCCCCCCCCCCCCCCCCCCCC(O)C(=O)NC(COC1OC(CO)C(O)C(O)C1O)C(O)C(O)CCCCCCCCCCCCCCCCCCCCCCCCC. The lowest BCUT2D eigenvalue weighted by molar-refractivity contribution is -0.303. The quantitative estimate of drug-likeness (QED) is 0.0272. The molecule has 472 valence electrons. The first-order chi connectivity index (χ1) is 38.7. The van der Waals surface area contributed by atoms with Crippen molar-refractivity contribution < 1.29 is 50.0 Å². The molecule has 11 nitrogen and oxygen atoms in total. The average molecular weight is 1130 g/mol.